The smallest absolute Gasteiger partial charge is 0.274 e. The molecule has 1 N–H and O–H groups in total. The SMILES string of the molecule is CNCc1ncc(C(F)F)s1. The number of thiazole rings is 1. The van der Waals surface area contributed by atoms with Crippen molar-refractivity contribution in [3.05, 3.63) is 16.1 Å². The second kappa shape index (κ2) is 3.73. The number of halogens is 2. The molecule has 0 aliphatic carbocycles. The lowest BCUT2D eigenvalue weighted by Gasteiger charge is -1.90. The lowest BCUT2D eigenvalue weighted by atomic mass is 10.6. The van der Waals surface area contributed by atoms with Crippen LogP contribution < -0.4 is 5.32 Å². The summed E-state index contributed by atoms with van der Waals surface area (Å²) < 4.78 is 23.9. The summed E-state index contributed by atoms with van der Waals surface area (Å²) in [5.41, 5.74) is 0. The second-order valence-electron chi connectivity index (χ2n) is 1.99. The zero-order valence-corrected chi connectivity index (χ0v) is 6.79. The fraction of sp³-hybridized carbons (Fsp3) is 0.500. The molecule has 0 saturated carbocycles. The number of hydrogen-bond donors (Lipinski definition) is 1. The minimum Gasteiger partial charge on any atom is -0.314 e. The van der Waals surface area contributed by atoms with Crippen LogP contribution in [0, 0.1) is 0 Å². The lowest BCUT2D eigenvalue weighted by Crippen LogP contribution is -2.03. The Balaban J connectivity index is 2.66. The largest absolute Gasteiger partial charge is 0.314 e. The van der Waals surface area contributed by atoms with Crippen LogP contribution in [-0.2, 0) is 6.54 Å². The molecule has 62 valence electrons. The van der Waals surface area contributed by atoms with Crippen molar-refractivity contribution >= 4 is 11.3 Å². The van der Waals surface area contributed by atoms with Crippen LogP contribution >= 0.6 is 11.3 Å². The van der Waals surface area contributed by atoms with Gasteiger partial charge in [0, 0.05) is 12.7 Å². The van der Waals surface area contributed by atoms with Gasteiger partial charge in [0.15, 0.2) is 0 Å². The van der Waals surface area contributed by atoms with Crippen molar-refractivity contribution in [2.24, 2.45) is 0 Å². The van der Waals surface area contributed by atoms with Gasteiger partial charge in [0.2, 0.25) is 0 Å². The monoisotopic (exact) mass is 178 g/mol. The van der Waals surface area contributed by atoms with Crippen LogP contribution in [0.2, 0.25) is 0 Å². The maximum atomic E-state index is 12.0. The van der Waals surface area contributed by atoms with Crippen molar-refractivity contribution in [2.75, 3.05) is 7.05 Å². The van der Waals surface area contributed by atoms with Crippen molar-refractivity contribution in [1.82, 2.24) is 10.3 Å². The van der Waals surface area contributed by atoms with E-state index in [1.165, 1.54) is 6.20 Å². The van der Waals surface area contributed by atoms with Gasteiger partial charge in [-0.1, -0.05) is 0 Å². The molecule has 0 atom stereocenters. The summed E-state index contributed by atoms with van der Waals surface area (Å²) in [5.74, 6) is 0. The number of nitrogens with one attached hydrogen (secondary N) is 1. The van der Waals surface area contributed by atoms with E-state index in [1.54, 1.807) is 7.05 Å². The van der Waals surface area contributed by atoms with Crippen LogP contribution in [0.5, 0.6) is 0 Å². The van der Waals surface area contributed by atoms with E-state index in [0.717, 1.165) is 11.3 Å². The summed E-state index contributed by atoms with van der Waals surface area (Å²) in [4.78, 5) is 3.84. The number of hydrogen-bond acceptors (Lipinski definition) is 3. The highest BCUT2D eigenvalue weighted by Gasteiger charge is 2.10. The van der Waals surface area contributed by atoms with Crippen molar-refractivity contribution in [2.45, 2.75) is 13.0 Å². The predicted molar refractivity (Wildman–Crippen MR) is 39.8 cm³/mol. The zero-order chi connectivity index (χ0) is 8.27. The molecule has 1 heterocycles. The molecule has 1 aromatic rings. The standard InChI is InChI=1S/C6H8F2N2S/c1-9-3-5-10-2-4(11-5)6(7)8/h2,6,9H,3H2,1H3. The Morgan fingerprint density at radius 3 is 2.91 bits per heavy atom. The highest BCUT2D eigenvalue weighted by atomic mass is 32.1. The first-order valence-electron chi connectivity index (χ1n) is 3.11. The van der Waals surface area contributed by atoms with Gasteiger partial charge < -0.3 is 5.32 Å². The van der Waals surface area contributed by atoms with E-state index >= 15 is 0 Å². The van der Waals surface area contributed by atoms with Gasteiger partial charge in [-0.15, -0.1) is 11.3 Å². The molecule has 0 aliphatic heterocycles. The Bertz CT molecular complexity index is 224. The number of alkyl halides is 2. The first kappa shape index (κ1) is 8.55. The average molecular weight is 178 g/mol. The van der Waals surface area contributed by atoms with Crippen LogP contribution in [0.25, 0.3) is 0 Å². The molecule has 0 bridgehead atoms. The molecule has 5 heteroatoms. The van der Waals surface area contributed by atoms with Gasteiger partial charge in [-0.3, -0.25) is 0 Å². The zero-order valence-electron chi connectivity index (χ0n) is 5.97. The van der Waals surface area contributed by atoms with Crippen LogP contribution in [0.3, 0.4) is 0 Å². The molecule has 0 fully saturated rings. The van der Waals surface area contributed by atoms with E-state index in [1.807, 2.05) is 0 Å². The fourth-order valence-corrected chi connectivity index (χ4v) is 1.45. The van der Waals surface area contributed by atoms with Crippen molar-refractivity contribution in [3.63, 3.8) is 0 Å². The van der Waals surface area contributed by atoms with Gasteiger partial charge in [0.1, 0.15) is 5.01 Å². The van der Waals surface area contributed by atoms with Crippen LogP contribution in [0.1, 0.15) is 16.3 Å². The minimum atomic E-state index is -2.39. The summed E-state index contributed by atoms with van der Waals surface area (Å²) >= 11 is 1.04. The van der Waals surface area contributed by atoms with E-state index in [4.69, 9.17) is 0 Å². The van der Waals surface area contributed by atoms with E-state index < -0.39 is 6.43 Å². The summed E-state index contributed by atoms with van der Waals surface area (Å²) in [6, 6.07) is 0. The second-order valence-corrected chi connectivity index (χ2v) is 3.13. The molecular formula is C6H8F2N2S. The summed E-state index contributed by atoms with van der Waals surface area (Å²) in [7, 11) is 1.75. The average Bonchev–Trinajstić information content (AvgIpc) is 2.37. The number of rotatable bonds is 3. The highest BCUT2D eigenvalue weighted by molar-refractivity contribution is 7.11. The maximum absolute atomic E-state index is 12.0. The molecule has 11 heavy (non-hydrogen) atoms. The minimum absolute atomic E-state index is 0.0373. The lowest BCUT2D eigenvalue weighted by molar-refractivity contribution is 0.155. The van der Waals surface area contributed by atoms with Gasteiger partial charge in [-0.25, -0.2) is 13.8 Å². The Hall–Kier alpha value is -0.550. The third-order valence-electron chi connectivity index (χ3n) is 1.11. The highest BCUT2D eigenvalue weighted by Crippen LogP contribution is 2.24. The predicted octanol–water partition coefficient (Wildman–Crippen LogP) is 1.80. The molecule has 0 radical (unpaired) electrons. The molecule has 1 aromatic heterocycles. The van der Waals surface area contributed by atoms with E-state index in [-0.39, 0.29) is 4.88 Å². The molecule has 0 spiro atoms. The third kappa shape index (κ3) is 2.20. The molecule has 0 saturated heterocycles. The Morgan fingerprint density at radius 1 is 1.73 bits per heavy atom. The Morgan fingerprint density at radius 2 is 2.45 bits per heavy atom. The summed E-state index contributed by atoms with van der Waals surface area (Å²) in [6.07, 6.45) is -1.17. The van der Waals surface area contributed by atoms with Crippen molar-refractivity contribution in [1.29, 1.82) is 0 Å². The molecule has 0 amide bonds. The maximum Gasteiger partial charge on any atom is 0.274 e. The molecule has 1 rings (SSSR count). The molecule has 0 unspecified atom stereocenters. The molecule has 0 aromatic carbocycles. The first-order chi connectivity index (χ1) is 5.24. The van der Waals surface area contributed by atoms with Crippen LogP contribution in [0.4, 0.5) is 8.78 Å². The van der Waals surface area contributed by atoms with E-state index in [0.29, 0.717) is 11.6 Å². The van der Waals surface area contributed by atoms with Gasteiger partial charge in [0.25, 0.3) is 6.43 Å². The van der Waals surface area contributed by atoms with E-state index in [2.05, 4.69) is 10.3 Å². The first-order valence-corrected chi connectivity index (χ1v) is 3.93. The summed E-state index contributed by atoms with van der Waals surface area (Å²) in [6.45, 7) is 0.553. The quantitative estimate of drug-likeness (QED) is 0.763. The number of nitrogens with zero attached hydrogens (tertiary/aromatic N) is 1. The van der Waals surface area contributed by atoms with Gasteiger partial charge >= 0.3 is 0 Å². The molecule has 0 aliphatic rings. The van der Waals surface area contributed by atoms with Gasteiger partial charge in [-0.2, -0.15) is 0 Å². The Labute approximate surface area is 67.3 Å². The summed E-state index contributed by atoms with van der Waals surface area (Å²) in [5, 5.41) is 3.54. The van der Waals surface area contributed by atoms with Crippen LogP contribution in [-0.4, -0.2) is 12.0 Å². The topological polar surface area (TPSA) is 24.9 Å². The normalized spacial score (nSPS) is 10.9. The van der Waals surface area contributed by atoms with Crippen molar-refractivity contribution in [3.8, 4) is 0 Å². The fourth-order valence-electron chi connectivity index (χ4n) is 0.658. The van der Waals surface area contributed by atoms with E-state index in [9.17, 15) is 8.78 Å². The van der Waals surface area contributed by atoms with Gasteiger partial charge in [0.05, 0.1) is 4.88 Å². The van der Waals surface area contributed by atoms with Crippen LogP contribution in [0.15, 0.2) is 6.20 Å². The Kier molecular flexibility index (Phi) is 2.90. The molecular weight excluding hydrogens is 170 g/mol. The number of aromatic nitrogens is 1. The molecule has 2 nitrogen and oxygen atoms in total. The third-order valence-corrected chi connectivity index (χ3v) is 2.12. The van der Waals surface area contributed by atoms with Crippen molar-refractivity contribution < 1.29 is 8.78 Å². The van der Waals surface area contributed by atoms with Gasteiger partial charge in [-0.05, 0) is 7.05 Å².